The number of nitrogens with zero attached hydrogens (tertiary/aromatic N) is 4. The molecule has 0 N–H and O–H groups in total. The molecule has 1 amide bonds. The van der Waals surface area contributed by atoms with Gasteiger partial charge in [0.05, 0.1) is 6.20 Å². The summed E-state index contributed by atoms with van der Waals surface area (Å²) in [6.07, 6.45) is 16.5. The second kappa shape index (κ2) is 9.72. The highest BCUT2D eigenvalue weighted by Gasteiger charge is 2.49. The molecule has 2 saturated carbocycles. The monoisotopic (exact) mass is 522 g/mol. The van der Waals surface area contributed by atoms with E-state index >= 15 is 0 Å². The molecular weight excluding hydrogens is 484 g/mol. The number of anilines is 1. The minimum absolute atomic E-state index is 0.0770. The van der Waals surface area contributed by atoms with Gasteiger partial charge in [-0.2, -0.15) is 0 Å². The van der Waals surface area contributed by atoms with Crippen molar-refractivity contribution in [3.63, 3.8) is 0 Å². The molecular formula is C33H38N4O2. The lowest BCUT2D eigenvalue weighted by atomic mass is 9.56. The minimum Gasteiger partial charge on any atom is -0.352 e. The van der Waals surface area contributed by atoms with Crippen LogP contribution in [0.1, 0.15) is 80.1 Å². The predicted molar refractivity (Wildman–Crippen MR) is 151 cm³/mol. The van der Waals surface area contributed by atoms with E-state index in [1.54, 1.807) is 24.2 Å². The molecule has 0 radical (unpaired) electrons. The Hall–Kier alpha value is -3.28. The van der Waals surface area contributed by atoms with Gasteiger partial charge in [-0.15, -0.1) is 0 Å². The van der Waals surface area contributed by atoms with Crippen LogP contribution >= 0.6 is 0 Å². The average molecular weight is 523 g/mol. The van der Waals surface area contributed by atoms with Crippen molar-refractivity contribution in [3.05, 3.63) is 76.8 Å². The van der Waals surface area contributed by atoms with Gasteiger partial charge in [0.25, 0.3) is 5.91 Å². The third-order valence-electron chi connectivity index (χ3n) is 10.6. The van der Waals surface area contributed by atoms with E-state index in [1.165, 1.54) is 55.2 Å². The van der Waals surface area contributed by atoms with Crippen LogP contribution < -0.4 is 4.90 Å². The Bertz CT molecular complexity index is 1340. The van der Waals surface area contributed by atoms with Crippen molar-refractivity contribution in [1.82, 2.24) is 14.9 Å². The normalized spacial score (nSPS) is 30.4. The van der Waals surface area contributed by atoms with Crippen LogP contribution in [0.3, 0.4) is 0 Å². The highest BCUT2D eigenvalue weighted by Crippen LogP contribution is 2.61. The summed E-state index contributed by atoms with van der Waals surface area (Å²) in [5.74, 6) is 2.81. The van der Waals surface area contributed by atoms with E-state index in [0.717, 1.165) is 36.8 Å². The molecule has 1 unspecified atom stereocenters. The summed E-state index contributed by atoms with van der Waals surface area (Å²) >= 11 is 0. The molecule has 4 aliphatic carbocycles. The van der Waals surface area contributed by atoms with E-state index in [2.05, 4.69) is 33.9 Å². The van der Waals surface area contributed by atoms with Crippen LogP contribution in [0.4, 0.5) is 5.82 Å². The number of fused-ring (bicyclic) bond motifs is 4. The third kappa shape index (κ3) is 4.32. The van der Waals surface area contributed by atoms with Gasteiger partial charge in [-0.1, -0.05) is 31.1 Å². The molecule has 202 valence electrons. The summed E-state index contributed by atoms with van der Waals surface area (Å²) in [5.41, 5.74) is 6.86. The first kappa shape index (κ1) is 24.7. The van der Waals surface area contributed by atoms with Gasteiger partial charge in [-0.3, -0.25) is 14.6 Å². The van der Waals surface area contributed by atoms with Crippen molar-refractivity contribution >= 4 is 17.5 Å². The van der Waals surface area contributed by atoms with E-state index in [1.807, 2.05) is 23.1 Å². The van der Waals surface area contributed by atoms with Crippen molar-refractivity contribution in [2.24, 2.45) is 17.3 Å². The standard InChI is InChI=1S/C33H38N4O2/c1-33-11-2-3-29(33)26-9-8-24-19-25(38)20-28(31(24)27(26)10-12-33)22-4-6-23(7-5-22)32(39)37-17-15-36(16-18-37)30-21-34-13-14-35-30/h4-7,13-14,19,21,26,28-29H,2-3,8-12,15-18,20H2,1H3/t26-,28?,29+,33+/m1/s1. The molecule has 1 saturated heterocycles. The Morgan fingerprint density at radius 2 is 1.82 bits per heavy atom. The molecule has 1 aliphatic heterocycles. The summed E-state index contributed by atoms with van der Waals surface area (Å²) in [7, 11) is 0. The Morgan fingerprint density at radius 1 is 1.00 bits per heavy atom. The van der Waals surface area contributed by atoms with E-state index in [-0.39, 0.29) is 17.6 Å². The van der Waals surface area contributed by atoms with E-state index in [4.69, 9.17) is 0 Å². The maximum absolute atomic E-state index is 13.3. The average Bonchev–Trinajstić information content (AvgIpc) is 3.38. The van der Waals surface area contributed by atoms with Gasteiger partial charge in [0.2, 0.25) is 0 Å². The zero-order valence-corrected chi connectivity index (χ0v) is 22.9. The number of carbonyl (C=O) groups excluding carboxylic acids is 2. The van der Waals surface area contributed by atoms with Crippen LogP contribution in [0.2, 0.25) is 0 Å². The minimum atomic E-state index is 0.0770. The molecule has 5 aliphatic rings. The van der Waals surface area contributed by atoms with Gasteiger partial charge < -0.3 is 9.80 Å². The van der Waals surface area contributed by atoms with Crippen molar-refractivity contribution in [2.45, 2.75) is 64.2 Å². The van der Waals surface area contributed by atoms with Crippen molar-refractivity contribution in [3.8, 4) is 0 Å². The van der Waals surface area contributed by atoms with Gasteiger partial charge in [0.15, 0.2) is 5.78 Å². The van der Waals surface area contributed by atoms with E-state index < -0.39 is 0 Å². The lowest BCUT2D eigenvalue weighted by molar-refractivity contribution is -0.115. The third-order valence-corrected chi connectivity index (χ3v) is 10.6. The lowest BCUT2D eigenvalue weighted by Gasteiger charge is -2.48. The fourth-order valence-electron chi connectivity index (χ4n) is 8.54. The molecule has 4 atom stereocenters. The molecule has 39 heavy (non-hydrogen) atoms. The van der Waals surface area contributed by atoms with Crippen molar-refractivity contribution in [1.29, 1.82) is 0 Å². The topological polar surface area (TPSA) is 66.4 Å². The van der Waals surface area contributed by atoms with Gasteiger partial charge in [-0.05, 0) is 90.7 Å². The van der Waals surface area contributed by atoms with Gasteiger partial charge in [0.1, 0.15) is 5.82 Å². The van der Waals surface area contributed by atoms with Crippen LogP contribution in [0.5, 0.6) is 0 Å². The largest absolute Gasteiger partial charge is 0.352 e. The van der Waals surface area contributed by atoms with Gasteiger partial charge in [0, 0.05) is 56.5 Å². The Kier molecular flexibility index (Phi) is 6.17. The lowest BCUT2D eigenvalue weighted by Crippen LogP contribution is -2.49. The zero-order chi connectivity index (χ0) is 26.6. The van der Waals surface area contributed by atoms with E-state index in [0.29, 0.717) is 30.8 Å². The number of allylic oxidation sites excluding steroid dienone is 4. The molecule has 0 bridgehead atoms. The number of hydrogen-bond donors (Lipinski definition) is 0. The number of hydrogen-bond acceptors (Lipinski definition) is 5. The highest BCUT2D eigenvalue weighted by molar-refractivity contribution is 5.95. The van der Waals surface area contributed by atoms with Gasteiger partial charge >= 0.3 is 0 Å². The molecule has 1 aromatic heterocycles. The van der Waals surface area contributed by atoms with Crippen LogP contribution in [0, 0.1) is 17.3 Å². The van der Waals surface area contributed by atoms with Crippen LogP contribution in [-0.2, 0) is 4.79 Å². The Morgan fingerprint density at radius 3 is 2.59 bits per heavy atom. The first-order valence-electron chi connectivity index (χ1n) is 14.9. The van der Waals surface area contributed by atoms with Crippen LogP contribution in [0.25, 0.3) is 0 Å². The fourth-order valence-corrected chi connectivity index (χ4v) is 8.54. The summed E-state index contributed by atoms with van der Waals surface area (Å²) in [6.45, 7) is 5.37. The fraction of sp³-hybridized carbons (Fsp3) is 0.515. The van der Waals surface area contributed by atoms with Crippen LogP contribution in [-0.4, -0.2) is 52.7 Å². The van der Waals surface area contributed by atoms with Crippen molar-refractivity contribution < 1.29 is 9.59 Å². The number of benzene rings is 1. The quantitative estimate of drug-likeness (QED) is 0.515. The zero-order valence-electron chi connectivity index (χ0n) is 22.9. The Balaban J connectivity index is 1.11. The second-order valence-electron chi connectivity index (χ2n) is 12.6. The summed E-state index contributed by atoms with van der Waals surface area (Å²) in [4.78, 5) is 38.8. The van der Waals surface area contributed by atoms with Crippen LogP contribution in [0.15, 0.2) is 65.7 Å². The molecule has 1 aromatic carbocycles. The number of rotatable bonds is 3. The molecule has 6 nitrogen and oxygen atoms in total. The number of piperazine rings is 1. The first-order valence-corrected chi connectivity index (χ1v) is 14.9. The number of carbonyl (C=O) groups is 2. The molecule has 6 heteroatoms. The van der Waals surface area contributed by atoms with E-state index in [9.17, 15) is 9.59 Å². The summed E-state index contributed by atoms with van der Waals surface area (Å²) in [6, 6.07) is 8.19. The molecule has 7 rings (SSSR count). The first-order chi connectivity index (χ1) is 19.0. The maximum Gasteiger partial charge on any atom is 0.253 e. The second-order valence-corrected chi connectivity index (χ2v) is 12.6. The molecule has 2 heterocycles. The predicted octanol–water partition coefficient (Wildman–Crippen LogP) is 5.73. The van der Waals surface area contributed by atoms with Crippen molar-refractivity contribution in [2.75, 3.05) is 31.1 Å². The summed E-state index contributed by atoms with van der Waals surface area (Å²) < 4.78 is 0. The molecule has 0 spiro atoms. The SMILES string of the molecule is C[C@@]12CCC[C@H]1[C@@H]1CCC3=CC(=O)CC(c4ccc(C(=O)N5CCN(c6cnccn6)CC5)cc4)C3=C1CC2. The summed E-state index contributed by atoms with van der Waals surface area (Å²) in [5, 5.41) is 0. The van der Waals surface area contributed by atoms with Gasteiger partial charge in [-0.25, -0.2) is 4.98 Å². The number of amides is 1. The smallest absolute Gasteiger partial charge is 0.253 e. The Labute approximate surface area is 231 Å². The molecule has 2 aromatic rings. The maximum atomic E-state index is 13.3. The molecule has 3 fully saturated rings. The highest BCUT2D eigenvalue weighted by atomic mass is 16.2. The number of aromatic nitrogens is 2. The number of ketones is 1.